The maximum Gasteiger partial charge on any atom is 0.275 e. The zero-order chi connectivity index (χ0) is 103. The summed E-state index contributed by atoms with van der Waals surface area (Å²) in [6, 6.07) is 71.6. The van der Waals surface area contributed by atoms with Crippen molar-refractivity contribution in [3.63, 3.8) is 0 Å². The van der Waals surface area contributed by atoms with Crippen LogP contribution in [0.15, 0.2) is 329 Å². The highest BCUT2D eigenvalue weighted by atomic mass is 35.5. The van der Waals surface area contributed by atoms with E-state index in [9.17, 15) is 26.3 Å². The van der Waals surface area contributed by atoms with Crippen LogP contribution in [0.25, 0.3) is 193 Å². The van der Waals surface area contributed by atoms with Crippen LogP contribution in [-0.4, -0.2) is 123 Å². The largest absolute Gasteiger partial charge is 0.360 e. The molecule has 0 fully saturated rings. The number of nitrogens with zero attached hydrogens (tertiary/aromatic N) is 30. The highest BCUT2D eigenvalue weighted by Crippen LogP contribution is 2.41. The molecule has 0 aliphatic rings. The van der Waals surface area contributed by atoms with Gasteiger partial charge in [-0.25, -0.2) is 56.2 Å². The van der Waals surface area contributed by atoms with Crippen molar-refractivity contribution in [2.24, 2.45) is 0 Å². The van der Waals surface area contributed by atoms with Gasteiger partial charge in [0.15, 0.2) is 5.65 Å². The van der Waals surface area contributed by atoms with E-state index in [2.05, 4.69) is 120 Å². The van der Waals surface area contributed by atoms with Crippen LogP contribution in [0.1, 0.15) is 11.1 Å². The van der Waals surface area contributed by atoms with E-state index in [0.29, 0.717) is 146 Å². The number of hydrogen-bond donors (Lipinski definition) is 0. The molecule has 0 unspecified atom stereocenters. The number of aryl methyl sites for hydroxylation is 2. The van der Waals surface area contributed by atoms with Gasteiger partial charge < -0.3 is 24.2 Å². The first kappa shape index (κ1) is 96.9. The Morgan fingerprint density at radius 1 is 0.236 bits per heavy atom. The molecule has 18 aromatic heterocycles. The first-order valence-corrected chi connectivity index (χ1v) is 45.4. The summed E-state index contributed by atoms with van der Waals surface area (Å²) in [6.45, 7) is 39.5. The number of halogens is 10. The molecule has 148 heavy (non-hydrogen) atoms. The molecule has 30 nitrogen and oxygen atoms in total. The number of fused-ring (bicyclic) bond motifs is 6. The molecule has 712 valence electrons. The second-order valence-corrected chi connectivity index (χ2v) is 33.4. The summed E-state index contributed by atoms with van der Waals surface area (Å²) in [4.78, 5) is 68.1. The van der Waals surface area contributed by atoms with Crippen molar-refractivity contribution in [2.45, 2.75) is 13.8 Å². The summed E-state index contributed by atoms with van der Waals surface area (Å²) >= 11 is 23.8. The van der Waals surface area contributed by atoms with Crippen LogP contribution >= 0.6 is 46.4 Å². The topological polar surface area (TPSA) is 293 Å². The van der Waals surface area contributed by atoms with E-state index in [0.717, 1.165) is 62.1 Å². The molecule has 0 atom stereocenters. The van der Waals surface area contributed by atoms with Crippen LogP contribution in [-0.2, 0) is 0 Å². The number of rotatable bonds is 12. The first-order chi connectivity index (χ1) is 72.1. The molecule has 0 bridgehead atoms. The highest BCUT2D eigenvalue weighted by molar-refractivity contribution is 6.32. The summed E-state index contributed by atoms with van der Waals surface area (Å²) in [5.74, 6) is -1.40. The summed E-state index contributed by atoms with van der Waals surface area (Å²) in [7, 11) is 0. The van der Waals surface area contributed by atoms with Crippen molar-refractivity contribution in [3.05, 3.63) is 452 Å². The van der Waals surface area contributed by atoms with Crippen molar-refractivity contribution < 1.29 is 26.3 Å². The van der Waals surface area contributed by atoms with Gasteiger partial charge in [-0.3, -0.25) is 29.9 Å². The minimum absolute atomic E-state index is 0.0300. The van der Waals surface area contributed by atoms with Gasteiger partial charge in [-0.15, -0.1) is 37.4 Å². The molecular formula is C108H60Cl4F6N30. The van der Waals surface area contributed by atoms with Crippen molar-refractivity contribution >= 4 is 109 Å². The Labute approximate surface area is 854 Å². The lowest BCUT2D eigenvalue weighted by Crippen LogP contribution is -1.98. The highest BCUT2D eigenvalue weighted by Gasteiger charge is 2.25. The SMILES string of the molecule is Cc1cc(-c2ncccc2-c2ccc3ncnn3n2)ccc1F.[C-]#[N+]c1cnc2ccc(-c3cccnc3-c3cc(Cl)c(F)cc3F)nn12.[C-]#[N+]c1cnc2ccc(-c3cccnc3-c3cc(Cl)ccc3F)nn12.[C-]#[N+]c1cnc2ccc(-c3cccnc3-c3ccc(F)c(C)c3)nn12.[C-]#[N+]c1cnc2ccc(-c3cccnc3-c3ccc(F)c(Cl)c3)nn12.[C-]#[N+]c1cnc2ccc(-c3cccnc3-c3cccc(Cl)c3)nn12. The van der Waals surface area contributed by atoms with Crippen LogP contribution in [0.2, 0.25) is 20.1 Å². The molecule has 0 amide bonds. The van der Waals surface area contributed by atoms with Crippen LogP contribution in [0.5, 0.6) is 0 Å². The molecule has 0 aliphatic heterocycles. The van der Waals surface area contributed by atoms with Crippen LogP contribution in [0, 0.1) is 81.6 Å². The molecule has 24 aromatic rings. The van der Waals surface area contributed by atoms with Gasteiger partial charge in [0.25, 0.3) is 29.1 Å². The zero-order valence-corrected chi connectivity index (χ0v) is 79.4. The van der Waals surface area contributed by atoms with E-state index in [1.807, 2.05) is 109 Å². The number of pyridine rings is 6. The van der Waals surface area contributed by atoms with Gasteiger partial charge in [0, 0.05) is 150 Å². The number of imidazole rings is 5. The Bertz CT molecular complexity index is 9340. The van der Waals surface area contributed by atoms with E-state index < -0.39 is 23.3 Å². The van der Waals surface area contributed by atoms with Gasteiger partial charge in [0.2, 0.25) is 28.2 Å². The third kappa shape index (κ3) is 20.4. The maximum absolute atomic E-state index is 14.3. The normalized spacial score (nSPS) is 10.8. The minimum Gasteiger partial charge on any atom is -0.360 e. The van der Waals surface area contributed by atoms with Gasteiger partial charge in [-0.1, -0.05) is 117 Å². The molecule has 0 spiro atoms. The minimum atomic E-state index is -0.843. The Hall–Kier alpha value is -19.9. The van der Waals surface area contributed by atoms with E-state index in [1.54, 1.807) is 136 Å². The van der Waals surface area contributed by atoms with E-state index >= 15 is 0 Å². The van der Waals surface area contributed by atoms with Gasteiger partial charge in [0.1, 0.15) is 69.7 Å². The predicted molar refractivity (Wildman–Crippen MR) is 548 cm³/mol. The van der Waals surface area contributed by atoms with Gasteiger partial charge in [0.05, 0.1) is 80.9 Å². The fourth-order valence-electron chi connectivity index (χ4n) is 15.5. The van der Waals surface area contributed by atoms with Gasteiger partial charge in [-0.05, 0) is 231 Å². The average Bonchev–Trinajstić information content (AvgIpc) is 1.51. The van der Waals surface area contributed by atoms with E-state index in [1.165, 1.54) is 119 Å². The molecule has 0 saturated carbocycles. The van der Waals surface area contributed by atoms with Gasteiger partial charge >= 0.3 is 0 Å². The van der Waals surface area contributed by atoms with Crippen molar-refractivity contribution in [1.82, 2.24) is 123 Å². The second kappa shape index (κ2) is 42.9. The van der Waals surface area contributed by atoms with E-state index in [4.69, 9.17) is 79.3 Å². The molecule has 0 saturated heterocycles. The number of benzene rings is 6. The number of hydrogen-bond acceptors (Lipinski definition) is 19. The predicted octanol–water partition coefficient (Wildman–Crippen LogP) is 27.0. The Morgan fingerprint density at radius 3 is 0.892 bits per heavy atom. The zero-order valence-electron chi connectivity index (χ0n) is 76.4. The smallest absolute Gasteiger partial charge is 0.275 e. The Kier molecular flexibility index (Phi) is 28.1. The molecule has 24 rings (SSSR count). The lowest BCUT2D eigenvalue weighted by atomic mass is 10.0. The van der Waals surface area contributed by atoms with Crippen molar-refractivity contribution in [3.8, 4) is 135 Å². The van der Waals surface area contributed by atoms with Crippen molar-refractivity contribution in [2.75, 3.05) is 0 Å². The van der Waals surface area contributed by atoms with Crippen LogP contribution in [0.3, 0.4) is 0 Å². The summed E-state index contributed by atoms with van der Waals surface area (Å²) in [5.41, 5.74) is 20.1. The van der Waals surface area contributed by atoms with Crippen molar-refractivity contribution in [1.29, 1.82) is 0 Å². The number of aromatic nitrogens is 25. The standard InChI is InChI=1S/C19H12FN5.C18H8ClF2N5.2C18H9ClFN5.C18H10ClN5.C17H12FN5/c1-12-10-13(5-6-15(12)20)19-14(4-3-9-22-19)16-7-8-17-23-11-18(21-2)25(17)24-16;1-22-17-9-24-16-5-4-15(25-26(16)17)10-3-2-6-23-18(10)11-7-12(19)14(21)8-13(11)20;1-21-17-10-23-16-7-6-15(24-25(16)17)12-3-2-8-22-18(12)13-9-11(19)4-5-14(13)20;1-21-17-10-23-16-7-6-15(24-25(16)17)12-3-2-8-22-18(12)11-4-5-14(20)13(19)9-11;1-20-17-11-22-16-8-7-15(23-24(16)17)14-6-3-9-21-18(14)12-4-2-5-13(19)10-12;1-11-9-12(4-5-14(11)18)17-13(3-2-8-19-17)15-6-7-16-20-10-21-23(16)22-15/h3-11H,1H3;2-9H;2*2-10H;2-11H;2-10H,1H3. The Morgan fingerprint density at radius 2 is 0.541 bits per heavy atom. The van der Waals surface area contributed by atoms with Crippen LogP contribution in [0.4, 0.5) is 55.4 Å². The fourth-order valence-corrected chi connectivity index (χ4v) is 16.2. The molecule has 18 heterocycles. The van der Waals surface area contributed by atoms with Crippen LogP contribution < -0.4 is 0 Å². The third-order valence-electron chi connectivity index (χ3n) is 22.5. The first-order valence-electron chi connectivity index (χ1n) is 43.9. The summed E-state index contributed by atoms with van der Waals surface area (Å²) in [6.07, 6.45) is 18.7. The summed E-state index contributed by atoms with van der Waals surface area (Å²) in [5, 5.41) is 31.9. The third-order valence-corrected chi connectivity index (χ3v) is 23.6. The molecule has 6 aromatic carbocycles. The second-order valence-electron chi connectivity index (χ2n) is 31.7. The molecule has 40 heteroatoms. The summed E-state index contributed by atoms with van der Waals surface area (Å²) < 4.78 is 91.5. The average molecular weight is 2030 g/mol. The molecular weight excluding hydrogens is 1970 g/mol. The molecule has 0 aliphatic carbocycles. The lowest BCUT2D eigenvalue weighted by molar-refractivity contribution is 0.585. The monoisotopic (exact) mass is 2030 g/mol. The molecule has 0 radical (unpaired) electrons. The quantitative estimate of drug-likeness (QED) is 0.0623. The molecule has 0 N–H and O–H groups in total. The lowest BCUT2D eigenvalue weighted by Gasteiger charge is -2.09. The Balaban J connectivity index is 0.000000112. The fraction of sp³-hybridized carbons (Fsp3) is 0.0185. The maximum atomic E-state index is 14.3. The van der Waals surface area contributed by atoms with E-state index in [-0.39, 0.29) is 38.8 Å². The van der Waals surface area contributed by atoms with Gasteiger partial charge in [-0.2, -0.15) is 0 Å².